The molecule has 0 radical (unpaired) electrons. The number of hydrogen-bond donors (Lipinski definition) is 6. The van der Waals surface area contributed by atoms with Crippen LogP contribution >= 0.6 is 15.6 Å². The lowest BCUT2D eigenvalue weighted by Crippen LogP contribution is -2.30. The summed E-state index contributed by atoms with van der Waals surface area (Å²) in [4.78, 5) is 65.6. The average Bonchev–Trinajstić information content (AvgIpc) is 3.49. The van der Waals surface area contributed by atoms with Gasteiger partial charge in [-0.25, -0.2) is 9.13 Å². The molecule has 0 spiro atoms. The van der Waals surface area contributed by atoms with Gasteiger partial charge in [0.05, 0.1) is 32.0 Å². The lowest BCUT2D eigenvalue weighted by molar-refractivity contribution is -0.161. The van der Waals surface area contributed by atoms with E-state index in [9.17, 15) is 43.7 Å². The summed E-state index contributed by atoms with van der Waals surface area (Å²) in [6.45, 7) is 1.38. The molecule has 1 unspecified atom stereocenters. The fraction of sp³-hybridized carbons (Fsp3) is 0.841. The molecule has 0 aromatic heterocycles. The van der Waals surface area contributed by atoms with Gasteiger partial charge in [0.15, 0.2) is 6.10 Å². The zero-order valence-electron chi connectivity index (χ0n) is 37.4. The van der Waals surface area contributed by atoms with Crippen LogP contribution in [-0.4, -0.2) is 98.6 Å². The lowest BCUT2D eigenvalue weighted by atomic mass is 9.88. The van der Waals surface area contributed by atoms with E-state index in [1.165, 1.54) is 38.5 Å². The lowest BCUT2D eigenvalue weighted by Gasteiger charge is -2.20. The molecule has 1 saturated carbocycles. The standard InChI is InChI=1S/C44H80O16P2/c1-3-5-7-8-9-10-11-12-13-14-15-16-17-18-23-27-43(49)56-34-38(35-59-62(54,55)58-33-37(46)32-57-61(51,52)53)60-44(50)28-24-20-19-22-26-39-40(42(48)31-41(39)47)30-29-36(45)25-21-6-4-2/h10-11,29-30,36-40,42,45-46,48H,3-9,12-28,31-35H2,1-2H3,(H,54,55)(H2,51,52,53)/b11-10-,30-29+/t36-,37-,38+,39+,40+,42+/m0/s1. The molecule has 0 heterocycles. The van der Waals surface area contributed by atoms with Crippen molar-refractivity contribution in [2.45, 2.75) is 199 Å². The van der Waals surface area contributed by atoms with E-state index in [1.54, 1.807) is 12.2 Å². The molecule has 0 amide bonds. The van der Waals surface area contributed by atoms with E-state index in [2.05, 4.69) is 35.0 Å². The van der Waals surface area contributed by atoms with Crippen LogP contribution in [0.3, 0.4) is 0 Å². The van der Waals surface area contributed by atoms with Gasteiger partial charge < -0.3 is 39.5 Å². The number of aliphatic hydroxyl groups excluding tert-OH is 3. The molecule has 1 aliphatic carbocycles. The number of phosphoric ester groups is 2. The summed E-state index contributed by atoms with van der Waals surface area (Å²) in [7, 11) is -9.77. The number of esters is 2. The van der Waals surface area contributed by atoms with Gasteiger partial charge in [-0.3, -0.25) is 28.0 Å². The summed E-state index contributed by atoms with van der Waals surface area (Å²) >= 11 is 0. The third-order valence-electron chi connectivity index (χ3n) is 10.7. The van der Waals surface area contributed by atoms with Crippen LogP contribution in [0.15, 0.2) is 24.3 Å². The summed E-state index contributed by atoms with van der Waals surface area (Å²) in [6, 6.07) is 0. The van der Waals surface area contributed by atoms with Crippen LogP contribution in [0.25, 0.3) is 0 Å². The van der Waals surface area contributed by atoms with E-state index in [4.69, 9.17) is 23.8 Å². The molecular formula is C44H80O16P2. The second kappa shape index (κ2) is 35.5. The van der Waals surface area contributed by atoms with Gasteiger partial charge in [-0.1, -0.05) is 128 Å². The topological polar surface area (TPSA) is 253 Å². The summed E-state index contributed by atoms with van der Waals surface area (Å²) in [5.41, 5.74) is 0. The van der Waals surface area contributed by atoms with Crippen LogP contribution in [0, 0.1) is 11.8 Å². The highest BCUT2D eigenvalue weighted by molar-refractivity contribution is 7.47. The normalized spacial score (nSPS) is 19.5. The van der Waals surface area contributed by atoms with Gasteiger partial charge in [0.1, 0.15) is 18.5 Å². The molecule has 0 saturated heterocycles. The first-order valence-electron chi connectivity index (χ1n) is 23.1. The molecule has 0 aromatic rings. The maximum Gasteiger partial charge on any atom is 0.472 e. The maximum atomic E-state index is 12.8. The number of Topliss-reactive ketones (excluding diaryl/α,β-unsaturated/α-hetero) is 1. The predicted octanol–water partition coefficient (Wildman–Crippen LogP) is 8.49. The van der Waals surface area contributed by atoms with E-state index >= 15 is 0 Å². The highest BCUT2D eigenvalue weighted by atomic mass is 31.2. The second-order valence-electron chi connectivity index (χ2n) is 16.5. The van der Waals surface area contributed by atoms with Crippen molar-refractivity contribution in [3.8, 4) is 0 Å². The van der Waals surface area contributed by atoms with Crippen molar-refractivity contribution in [2.24, 2.45) is 11.8 Å². The molecule has 0 aromatic carbocycles. The fourth-order valence-electron chi connectivity index (χ4n) is 7.12. The molecule has 6 N–H and O–H groups in total. The molecule has 7 atom stereocenters. The fourth-order valence-corrected chi connectivity index (χ4v) is 8.28. The second-order valence-corrected chi connectivity index (χ2v) is 19.1. The number of ketones is 1. The average molecular weight is 927 g/mol. The molecule has 1 aliphatic rings. The largest absolute Gasteiger partial charge is 0.472 e. The van der Waals surface area contributed by atoms with Gasteiger partial charge >= 0.3 is 27.6 Å². The minimum absolute atomic E-state index is 0.00101. The molecule has 0 bridgehead atoms. The number of hydrogen-bond acceptors (Lipinski definition) is 13. The molecule has 18 heteroatoms. The Kier molecular flexibility index (Phi) is 33.3. The highest BCUT2D eigenvalue weighted by Gasteiger charge is 2.39. The number of ether oxygens (including phenoxy) is 2. The molecule has 1 rings (SSSR count). The van der Waals surface area contributed by atoms with Crippen molar-refractivity contribution in [1.82, 2.24) is 0 Å². The van der Waals surface area contributed by atoms with Gasteiger partial charge in [-0.05, 0) is 51.4 Å². The smallest absolute Gasteiger partial charge is 0.462 e. The third-order valence-corrected chi connectivity index (χ3v) is 12.1. The number of phosphoric acid groups is 2. The first-order chi connectivity index (χ1) is 29.6. The molecular weight excluding hydrogens is 846 g/mol. The minimum atomic E-state index is -4.90. The first kappa shape index (κ1) is 58.2. The monoisotopic (exact) mass is 926 g/mol. The van der Waals surface area contributed by atoms with Gasteiger partial charge in [0, 0.05) is 31.1 Å². The molecule has 0 aliphatic heterocycles. The van der Waals surface area contributed by atoms with Crippen LogP contribution in [-0.2, 0) is 46.6 Å². The van der Waals surface area contributed by atoms with Crippen LogP contribution in [0.5, 0.6) is 0 Å². The molecule has 16 nitrogen and oxygen atoms in total. The highest BCUT2D eigenvalue weighted by Crippen LogP contribution is 2.44. The Labute approximate surface area is 370 Å². The van der Waals surface area contributed by atoms with Crippen molar-refractivity contribution in [1.29, 1.82) is 0 Å². The zero-order chi connectivity index (χ0) is 46.1. The quantitative estimate of drug-likeness (QED) is 0.0146. The Balaban J connectivity index is 2.53. The predicted molar refractivity (Wildman–Crippen MR) is 236 cm³/mol. The minimum Gasteiger partial charge on any atom is -0.462 e. The zero-order valence-corrected chi connectivity index (χ0v) is 39.2. The van der Waals surface area contributed by atoms with E-state index in [-0.39, 0.29) is 36.9 Å². The van der Waals surface area contributed by atoms with Crippen molar-refractivity contribution < 1.29 is 76.6 Å². The van der Waals surface area contributed by atoms with Gasteiger partial charge in [-0.15, -0.1) is 0 Å². The first-order valence-corrected chi connectivity index (χ1v) is 26.2. The molecule has 362 valence electrons. The van der Waals surface area contributed by atoms with Crippen molar-refractivity contribution >= 4 is 33.4 Å². The summed E-state index contributed by atoms with van der Waals surface area (Å²) < 4.78 is 47.8. The molecule has 62 heavy (non-hydrogen) atoms. The van der Waals surface area contributed by atoms with Crippen LogP contribution in [0.2, 0.25) is 0 Å². The summed E-state index contributed by atoms with van der Waals surface area (Å²) in [6.07, 6.45) is 24.9. The Hall–Kier alpha value is -1.81. The Bertz CT molecular complexity index is 1350. The van der Waals surface area contributed by atoms with E-state index in [0.717, 1.165) is 57.8 Å². The number of unbranched alkanes of at least 4 members (excludes halogenated alkanes) is 16. The van der Waals surface area contributed by atoms with Crippen molar-refractivity contribution in [3.05, 3.63) is 24.3 Å². The third kappa shape index (κ3) is 31.9. The summed E-state index contributed by atoms with van der Waals surface area (Å²) in [5, 5.41) is 30.5. The van der Waals surface area contributed by atoms with E-state index in [0.29, 0.717) is 44.9 Å². The maximum absolute atomic E-state index is 12.8. The van der Waals surface area contributed by atoms with Crippen molar-refractivity contribution in [3.63, 3.8) is 0 Å². The van der Waals surface area contributed by atoms with Crippen LogP contribution in [0.4, 0.5) is 0 Å². The summed E-state index contributed by atoms with van der Waals surface area (Å²) in [5.74, 6) is -1.87. The number of carbonyl (C=O) groups is 3. The van der Waals surface area contributed by atoms with Crippen LogP contribution < -0.4 is 0 Å². The molecule has 1 fully saturated rings. The number of carbonyl (C=O) groups excluding carboxylic acids is 3. The number of aliphatic hydroxyl groups is 3. The van der Waals surface area contributed by atoms with Gasteiger partial charge in [0.2, 0.25) is 0 Å². The Morgan fingerprint density at radius 1 is 0.694 bits per heavy atom. The number of allylic oxidation sites excluding steroid dienone is 2. The Morgan fingerprint density at radius 3 is 1.85 bits per heavy atom. The van der Waals surface area contributed by atoms with Crippen molar-refractivity contribution in [2.75, 3.05) is 26.4 Å². The number of rotatable bonds is 40. The Morgan fingerprint density at radius 2 is 1.23 bits per heavy atom. The van der Waals surface area contributed by atoms with Gasteiger partial charge in [-0.2, -0.15) is 0 Å². The van der Waals surface area contributed by atoms with E-state index < -0.39 is 78.4 Å². The van der Waals surface area contributed by atoms with E-state index in [1.807, 2.05) is 0 Å². The SMILES string of the molecule is CCCCCC/C=C\CCCCCCCCCC(=O)OC[C@H](COP(=O)(O)OC[C@@H](O)COP(=O)(O)O)OC(=O)CCCCCC[C@H]1C(=O)C[C@@H](O)[C@@H]1/C=C/[C@@H](O)CCCCC. The van der Waals surface area contributed by atoms with Crippen LogP contribution in [0.1, 0.15) is 174 Å². The van der Waals surface area contributed by atoms with Gasteiger partial charge in [0.25, 0.3) is 0 Å².